The monoisotopic (exact) mass is 879 g/mol. The average Bonchev–Trinajstić information content (AvgIpc) is 3.29. The second kappa shape index (κ2) is 50.7. The zero-order chi connectivity index (χ0) is 46.5. The maximum Gasteiger partial charge on any atom is 0.306 e. The summed E-state index contributed by atoms with van der Waals surface area (Å²) >= 11 is 0. The quantitative estimate of drug-likeness (QED) is 0.0200. The highest BCUT2D eigenvalue weighted by Gasteiger charge is 2.19. The van der Waals surface area contributed by atoms with Gasteiger partial charge < -0.3 is 14.2 Å². The van der Waals surface area contributed by atoms with Gasteiger partial charge in [-0.05, 0) is 96.3 Å². The van der Waals surface area contributed by atoms with E-state index in [0.29, 0.717) is 19.3 Å². The maximum absolute atomic E-state index is 12.7. The second-order valence-corrected chi connectivity index (χ2v) is 15.4. The number of carbonyl (C=O) groups excluding carboxylic acids is 3. The van der Waals surface area contributed by atoms with Crippen LogP contribution in [0.5, 0.6) is 0 Å². The van der Waals surface area contributed by atoms with E-state index in [1.807, 2.05) is 66.8 Å². The van der Waals surface area contributed by atoms with E-state index in [9.17, 15) is 14.4 Å². The summed E-state index contributed by atoms with van der Waals surface area (Å²) in [5.74, 6) is -1.19. The van der Waals surface area contributed by atoms with Crippen LogP contribution in [-0.4, -0.2) is 37.2 Å². The minimum Gasteiger partial charge on any atom is -0.462 e. The van der Waals surface area contributed by atoms with Crippen molar-refractivity contribution >= 4 is 17.9 Å². The number of allylic oxidation sites excluding steroid dienone is 26. The third kappa shape index (κ3) is 48.1. The lowest BCUT2D eigenvalue weighted by molar-refractivity contribution is -0.166. The summed E-state index contributed by atoms with van der Waals surface area (Å²) < 4.78 is 16.6. The van der Waals surface area contributed by atoms with Gasteiger partial charge in [-0.15, -0.1) is 0 Å². The normalized spacial score (nSPS) is 13.5. The van der Waals surface area contributed by atoms with Crippen molar-refractivity contribution in [1.82, 2.24) is 0 Å². The van der Waals surface area contributed by atoms with Crippen molar-refractivity contribution < 1.29 is 28.6 Å². The molecule has 0 aromatic heterocycles. The van der Waals surface area contributed by atoms with Gasteiger partial charge in [0.2, 0.25) is 0 Å². The number of rotatable bonds is 41. The predicted octanol–water partition coefficient (Wildman–Crippen LogP) is 16.2. The molecule has 6 nitrogen and oxygen atoms in total. The zero-order valence-corrected chi connectivity index (χ0v) is 40.2. The van der Waals surface area contributed by atoms with Gasteiger partial charge >= 0.3 is 17.9 Å². The Morgan fingerprint density at radius 3 is 1.20 bits per heavy atom. The summed E-state index contributed by atoms with van der Waals surface area (Å²) in [4.78, 5) is 37.8. The SMILES string of the molecule is CC\C=C/C=C\C=C/C=C\C=C/CCCC(=O)OCC(COC(=O)CCC/C=C\C/C=C\C/C=C\CCCCCCCC)OC(=O)CC/C=C\C/C=C\C/C=C\C/C=C\C/C=C\CC. The minimum absolute atomic E-state index is 0.164. The molecule has 0 radical (unpaired) electrons. The van der Waals surface area contributed by atoms with Crippen LogP contribution in [0.1, 0.15) is 168 Å². The Morgan fingerprint density at radius 2 is 0.719 bits per heavy atom. The number of hydrogen-bond donors (Lipinski definition) is 0. The first-order chi connectivity index (χ1) is 31.5. The van der Waals surface area contributed by atoms with Crippen LogP contribution >= 0.6 is 0 Å². The molecule has 6 heteroatoms. The molecule has 1 unspecified atom stereocenters. The van der Waals surface area contributed by atoms with Crippen LogP contribution in [0.2, 0.25) is 0 Å². The highest BCUT2D eigenvalue weighted by molar-refractivity contribution is 5.71. The molecular formula is C58H86O6. The van der Waals surface area contributed by atoms with Crippen molar-refractivity contribution in [1.29, 1.82) is 0 Å². The largest absolute Gasteiger partial charge is 0.462 e. The fraction of sp³-hybridized carbons (Fsp3) is 0.500. The average molecular weight is 879 g/mol. The number of unbranched alkanes of at least 4 members (excludes halogenated alkanes) is 8. The third-order valence-corrected chi connectivity index (χ3v) is 9.39. The van der Waals surface area contributed by atoms with Gasteiger partial charge in [0.1, 0.15) is 13.2 Å². The van der Waals surface area contributed by atoms with Crippen LogP contribution in [-0.2, 0) is 28.6 Å². The standard InChI is InChI=1S/C58H86O6/c1-4-7-10-13-16-19-22-25-27-29-31-33-36-39-42-45-48-51-57(60)63-54-55(53-62-56(59)50-47-44-41-38-35-32-24-21-18-15-12-9-6-3)64-58(61)52-49-46-43-40-37-34-30-28-26-23-20-17-14-11-8-5-2/h8-9,11-12,15,17-18,20-21,24-28,31-35,37-39,41-43,46,55H,4-7,10,13-14,16,19,22-23,29-30,36,40,44-45,47-54H2,1-3H3/b11-8-,12-9-,18-15-,20-17-,24-21-,27-25-,28-26-,33-31-,35-32-,37-34-,41-38-,42-39-,46-43-. The molecule has 1 atom stereocenters. The topological polar surface area (TPSA) is 78.9 Å². The summed E-state index contributed by atoms with van der Waals surface area (Å²) in [6, 6.07) is 0. The molecule has 0 saturated heterocycles. The molecule has 0 bridgehead atoms. The number of esters is 3. The Labute approximate surface area is 390 Å². The van der Waals surface area contributed by atoms with Crippen molar-refractivity contribution in [2.75, 3.05) is 13.2 Å². The van der Waals surface area contributed by atoms with Crippen LogP contribution < -0.4 is 0 Å². The second-order valence-electron chi connectivity index (χ2n) is 15.4. The summed E-state index contributed by atoms with van der Waals surface area (Å²) in [6.45, 7) is 6.16. The van der Waals surface area contributed by atoms with Crippen molar-refractivity contribution in [3.63, 3.8) is 0 Å². The van der Waals surface area contributed by atoms with Gasteiger partial charge in [0, 0.05) is 19.3 Å². The van der Waals surface area contributed by atoms with Gasteiger partial charge in [0.15, 0.2) is 6.10 Å². The smallest absolute Gasteiger partial charge is 0.306 e. The molecule has 0 fully saturated rings. The van der Waals surface area contributed by atoms with Crippen molar-refractivity contribution in [2.24, 2.45) is 0 Å². The van der Waals surface area contributed by atoms with E-state index in [-0.39, 0.29) is 44.4 Å². The Kier molecular flexibility index (Phi) is 46.7. The fourth-order valence-corrected chi connectivity index (χ4v) is 5.77. The van der Waals surface area contributed by atoms with Gasteiger partial charge in [-0.1, -0.05) is 211 Å². The summed E-state index contributed by atoms with van der Waals surface area (Å²) in [5.41, 5.74) is 0. The molecule has 0 aromatic carbocycles. The molecule has 0 aliphatic rings. The van der Waals surface area contributed by atoms with Crippen molar-refractivity contribution in [3.8, 4) is 0 Å². The van der Waals surface area contributed by atoms with E-state index in [1.54, 1.807) is 0 Å². The van der Waals surface area contributed by atoms with Crippen molar-refractivity contribution in [2.45, 2.75) is 175 Å². The molecule has 64 heavy (non-hydrogen) atoms. The van der Waals surface area contributed by atoms with E-state index >= 15 is 0 Å². The summed E-state index contributed by atoms with van der Waals surface area (Å²) in [7, 11) is 0. The van der Waals surface area contributed by atoms with Crippen LogP contribution in [0.15, 0.2) is 158 Å². The first-order valence-corrected chi connectivity index (χ1v) is 24.6. The first-order valence-electron chi connectivity index (χ1n) is 24.6. The lowest BCUT2D eigenvalue weighted by Gasteiger charge is -2.18. The zero-order valence-electron chi connectivity index (χ0n) is 40.2. The van der Waals surface area contributed by atoms with Crippen molar-refractivity contribution in [3.05, 3.63) is 158 Å². The molecule has 0 aliphatic heterocycles. The van der Waals surface area contributed by atoms with Gasteiger partial charge in [-0.3, -0.25) is 14.4 Å². The molecule has 0 aliphatic carbocycles. The molecular weight excluding hydrogens is 793 g/mol. The third-order valence-electron chi connectivity index (χ3n) is 9.39. The molecule has 0 saturated carbocycles. The molecule has 0 rings (SSSR count). The van der Waals surface area contributed by atoms with Gasteiger partial charge in [-0.25, -0.2) is 0 Å². The van der Waals surface area contributed by atoms with Gasteiger partial charge in [0.05, 0.1) is 0 Å². The van der Waals surface area contributed by atoms with E-state index in [0.717, 1.165) is 64.2 Å². The molecule has 0 heterocycles. The molecule has 0 spiro atoms. The number of hydrogen-bond acceptors (Lipinski definition) is 6. The van der Waals surface area contributed by atoms with E-state index < -0.39 is 12.1 Å². The minimum atomic E-state index is -0.874. The molecule has 354 valence electrons. The van der Waals surface area contributed by atoms with Gasteiger partial charge in [0.25, 0.3) is 0 Å². The van der Waals surface area contributed by atoms with E-state index in [2.05, 4.69) is 112 Å². The summed E-state index contributed by atoms with van der Waals surface area (Å²) in [5, 5.41) is 0. The first kappa shape index (κ1) is 59.0. The van der Waals surface area contributed by atoms with Crippen LogP contribution in [0.4, 0.5) is 0 Å². The van der Waals surface area contributed by atoms with Crippen LogP contribution in [0, 0.1) is 0 Å². The Hall–Kier alpha value is -4.97. The van der Waals surface area contributed by atoms with E-state index in [4.69, 9.17) is 14.2 Å². The van der Waals surface area contributed by atoms with Gasteiger partial charge in [-0.2, -0.15) is 0 Å². The Bertz CT molecular complexity index is 1520. The molecule has 0 N–H and O–H groups in total. The summed E-state index contributed by atoms with van der Waals surface area (Å²) in [6.07, 6.45) is 74.0. The Balaban J connectivity index is 4.71. The van der Waals surface area contributed by atoms with E-state index in [1.165, 1.54) is 44.9 Å². The number of carbonyl (C=O) groups is 3. The number of ether oxygens (including phenoxy) is 3. The predicted molar refractivity (Wildman–Crippen MR) is 274 cm³/mol. The maximum atomic E-state index is 12.7. The lowest BCUT2D eigenvalue weighted by atomic mass is 10.1. The highest BCUT2D eigenvalue weighted by atomic mass is 16.6. The Morgan fingerprint density at radius 1 is 0.344 bits per heavy atom. The van der Waals surface area contributed by atoms with Crippen LogP contribution in [0.3, 0.4) is 0 Å². The lowest BCUT2D eigenvalue weighted by Crippen LogP contribution is -2.30. The molecule has 0 aromatic rings. The fourth-order valence-electron chi connectivity index (χ4n) is 5.77. The highest BCUT2D eigenvalue weighted by Crippen LogP contribution is 2.09. The van der Waals surface area contributed by atoms with Crippen LogP contribution in [0.25, 0.3) is 0 Å². The molecule has 0 amide bonds.